The third-order valence-electron chi connectivity index (χ3n) is 3.60. The van der Waals surface area contributed by atoms with Gasteiger partial charge in [0.25, 0.3) is 5.91 Å². The van der Waals surface area contributed by atoms with Gasteiger partial charge in [0.05, 0.1) is 25.4 Å². The van der Waals surface area contributed by atoms with Crippen molar-refractivity contribution in [2.45, 2.75) is 31.8 Å². The quantitative estimate of drug-likeness (QED) is 0.593. The molecule has 3 rings (SSSR count). The molecule has 1 amide bonds. The SMILES string of the molecule is Nc1n[nH]c(C(=O)NC2CCCc3c2cnn3CCO)n1. The number of amides is 1. The van der Waals surface area contributed by atoms with Crippen molar-refractivity contribution in [2.24, 2.45) is 0 Å². The number of nitrogens with two attached hydrogens (primary N) is 1. The van der Waals surface area contributed by atoms with E-state index in [1.54, 1.807) is 10.9 Å². The van der Waals surface area contributed by atoms with E-state index >= 15 is 0 Å². The van der Waals surface area contributed by atoms with E-state index in [9.17, 15) is 4.79 Å². The summed E-state index contributed by atoms with van der Waals surface area (Å²) in [6.07, 6.45) is 4.45. The number of nitrogens with zero attached hydrogens (tertiary/aromatic N) is 4. The number of aliphatic hydroxyl groups is 1. The van der Waals surface area contributed by atoms with Crippen molar-refractivity contribution in [3.8, 4) is 0 Å². The summed E-state index contributed by atoms with van der Waals surface area (Å²) in [5.74, 6) is -0.199. The van der Waals surface area contributed by atoms with Crippen LogP contribution in [0.1, 0.15) is 40.8 Å². The number of nitrogen functional groups attached to an aromatic ring is 1. The van der Waals surface area contributed by atoms with E-state index in [2.05, 4.69) is 25.6 Å². The highest BCUT2D eigenvalue weighted by Gasteiger charge is 2.26. The lowest BCUT2D eigenvalue weighted by atomic mass is 9.93. The number of hydrogen-bond acceptors (Lipinski definition) is 6. The molecule has 9 heteroatoms. The fraction of sp³-hybridized carbons (Fsp3) is 0.500. The topological polar surface area (TPSA) is 135 Å². The van der Waals surface area contributed by atoms with Crippen LogP contribution in [0.2, 0.25) is 0 Å². The number of rotatable bonds is 4. The highest BCUT2D eigenvalue weighted by Crippen LogP contribution is 2.29. The van der Waals surface area contributed by atoms with Gasteiger partial charge in [-0.25, -0.2) is 0 Å². The molecule has 0 aliphatic heterocycles. The summed E-state index contributed by atoms with van der Waals surface area (Å²) in [6, 6.07) is -0.111. The number of carbonyl (C=O) groups excluding carboxylic acids is 1. The summed E-state index contributed by atoms with van der Waals surface area (Å²) in [7, 11) is 0. The fourth-order valence-electron chi connectivity index (χ4n) is 2.66. The van der Waals surface area contributed by atoms with Gasteiger partial charge in [-0.3, -0.25) is 14.6 Å². The second-order valence-electron chi connectivity index (χ2n) is 4.95. The van der Waals surface area contributed by atoms with Gasteiger partial charge in [-0.2, -0.15) is 10.1 Å². The van der Waals surface area contributed by atoms with Crippen LogP contribution in [0.15, 0.2) is 6.20 Å². The lowest BCUT2D eigenvalue weighted by molar-refractivity contribution is 0.0922. The van der Waals surface area contributed by atoms with Gasteiger partial charge in [0, 0.05) is 11.3 Å². The molecule has 9 nitrogen and oxygen atoms in total. The molecule has 2 aromatic heterocycles. The molecule has 0 spiro atoms. The molecule has 1 atom stereocenters. The summed E-state index contributed by atoms with van der Waals surface area (Å²) in [4.78, 5) is 15.9. The zero-order valence-electron chi connectivity index (χ0n) is 11.4. The summed E-state index contributed by atoms with van der Waals surface area (Å²) in [5, 5.41) is 22.4. The number of aromatic amines is 1. The normalized spacial score (nSPS) is 17.5. The molecule has 21 heavy (non-hydrogen) atoms. The zero-order chi connectivity index (χ0) is 14.8. The molecular weight excluding hydrogens is 274 g/mol. The largest absolute Gasteiger partial charge is 0.394 e. The van der Waals surface area contributed by atoms with Crippen LogP contribution in [0, 0.1) is 0 Å². The Morgan fingerprint density at radius 3 is 3.19 bits per heavy atom. The second-order valence-corrected chi connectivity index (χ2v) is 4.95. The summed E-state index contributed by atoms with van der Waals surface area (Å²) in [5.41, 5.74) is 7.46. The third kappa shape index (κ3) is 2.59. The molecule has 112 valence electrons. The van der Waals surface area contributed by atoms with Gasteiger partial charge in [0.1, 0.15) is 0 Å². The molecule has 2 heterocycles. The molecule has 0 radical (unpaired) electrons. The first-order chi connectivity index (χ1) is 10.2. The van der Waals surface area contributed by atoms with Gasteiger partial charge in [-0.15, -0.1) is 5.10 Å². The molecule has 0 aromatic carbocycles. The van der Waals surface area contributed by atoms with E-state index in [4.69, 9.17) is 10.8 Å². The molecule has 1 aliphatic carbocycles. The Labute approximate surface area is 120 Å². The van der Waals surface area contributed by atoms with Crippen molar-refractivity contribution >= 4 is 11.9 Å². The number of aliphatic hydroxyl groups excluding tert-OH is 1. The summed E-state index contributed by atoms with van der Waals surface area (Å²) in [6.45, 7) is 0.511. The van der Waals surface area contributed by atoms with E-state index in [0.717, 1.165) is 30.5 Å². The first-order valence-corrected chi connectivity index (χ1v) is 6.83. The third-order valence-corrected chi connectivity index (χ3v) is 3.60. The second kappa shape index (κ2) is 5.52. The number of H-pyrrole nitrogens is 1. The van der Waals surface area contributed by atoms with E-state index < -0.39 is 0 Å². The van der Waals surface area contributed by atoms with Gasteiger partial charge in [-0.05, 0) is 19.3 Å². The standard InChI is InChI=1S/C12H17N7O2/c13-12-16-10(17-18-12)11(21)15-8-2-1-3-9-7(8)6-14-19(9)4-5-20/h6,8,20H,1-5H2,(H,15,21)(H3,13,16,17,18). The van der Waals surface area contributed by atoms with E-state index in [1.165, 1.54) is 0 Å². The minimum atomic E-state index is -0.341. The monoisotopic (exact) mass is 291 g/mol. The number of fused-ring (bicyclic) bond motifs is 1. The van der Waals surface area contributed by atoms with Gasteiger partial charge >= 0.3 is 0 Å². The van der Waals surface area contributed by atoms with Crippen molar-refractivity contribution in [3.05, 3.63) is 23.3 Å². The highest BCUT2D eigenvalue weighted by atomic mass is 16.3. The minimum absolute atomic E-state index is 0.0419. The molecule has 5 N–H and O–H groups in total. The van der Waals surface area contributed by atoms with Crippen molar-refractivity contribution in [1.29, 1.82) is 0 Å². The van der Waals surface area contributed by atoms with Gasteiger partial charge < -0.3 is 16.2 Å². The van der Waals surface area contributed by atoms with Gasteiger partial charge in [-0.1, -0.05) is 0 Å². The predicted molar refractivity (Wildman–Crippen MR) is 73.3 cm³/mol. The smallest absolute Gasteiger partial charge is 0.289 e. The van der Waals surface area contributed by atoms with E-state index in [1.807, 2.05) is 0 Å². The maximum Gasteiger partial charge on any atom is 0.289 e. The first-order valence-electron chi connectivity index (χ1n) is 6.83. The van der Waals surface area contributed by atoms with Gasteiger partial charge in [0.2, 0.25) is 11.8 Å². The molecule has 0 fully saturated rings. The van der Waals surface area contributed by atoms with Crippen molar-refractivity contribution in [1.82, 2.24) is 30.3 Å². The zero-order valence-corrected chi connectivity index (χ0v) is 11.4. The van der Waals surface area contributed by atoms with Crippen molar-refractivity contribution in [2.75, 3.05) is 12.3 Å². The molecule has 0 bridgehead atoms. The Balaban J connectivity index is 1.77. The Morgan fingerprint density at radius 1 is 1.62 bits per heavy atom. The average molecular weight is 291 g/mol. The Morgan fingerprint density at radius 2 is 2.48 bits per heavy atom. The Hall–Kier alpha value is -2.42. The first kappa shape index (κ1) is 13.6. The average Bonchev–Trinajstić information content (AvgIpc) is 3.07. The lowest BCUT2D eigenvalue weighted by Gasteiger charge is -2.23. The maximum atomic E-state index is 12.1. The number of aromatic nitrogens is 5. The Kier molecular flexibility index (Phi) is 3.57. The van der Waals surface area contributed by atoms with Crippen LogP contribution >= 0.6 is 0 Å². The van der Waals surface area contributed by atoms with Crippen LogP contribution in [0.4, 0.5) is 5.95 Å². The number of carbonyl (C=O) groups is 1. The van der Waals surface area contributed by atoms with Crippen LogP contribution in [0.5, 0.6) is 0 Å². The summed E-state index contributed by atoms with van der Waals surface area (Å²) >= 11 is 0. The highest BCUT2D eigenvalue weighted by molar-refractivity contribution is 5.90. The van der Waals surface area contributed by atoms with Crippen molar-refractivity contribution < 1.29 is 9.90 Å². The molecule has 0 saturated heterocycles. The summed E-state index contributed by atoms with van der Waals surface area (Å²) < 4.78 is 1.79. The van der Waals surface area contributed by atoms with Gasteiger partial charge in [0.15, 0.2) is 0 Å². The van der Waals surface area contributed by atoms with Crippen LogP contribution in [0.25, 0.3) is 0 Å². The maximum absolute atomic E-state index is 12.1. The molecule has 1 aliphatic rings. The number of nitrogens with one attached hydrogen (secondary N) is 2. The lowest BCUT2D eigenvalue weighted by Crippen LogP contribution is -2.31. The van der Waals surface area contributed by atoms with E-state index in [0.29, 0.717) is 6.54 Å². The molecule has 0 saturated carbocycles. The molecular formula is C12H17N7O2. The van der Waals surface area contributed by atoms with E-state index in [-0.39, 0.29) is 30.3 Å². The molecule has 2 aromatic rings. The minimum Gasteiger partial charge on any atom is -0.394 e. The van der Waals surface area contributed by atoms with Crippen LogP contribution in [0.3, 0.4) is 0 Å². The fourth-order valence-corrected chi connectivity index (χ4v) is 2.66. The molecule has 1 unspecified atom stereocenters. The van der Waals surface area contributed by atoms with Crippen LogP contribution in [-0.2, 0) is 13.0 Å². The van der Waals surface area contributed by atoms with Crippen LogP contribution in [-0.4, -0.2) is 42.6 Å². The predicted octanol–water partition coefficient (Wildman–Crippen LogP) is -0.617. The number of hydrogen-bond donors (Lipinski definition) is 4. The number of anilines is 1. The Bertz CT molecular complexity index is 648. The van der Waals surface area contributed by atoms with Crippen LogP contribution < -0.4 is 11.1 Å². The van der Waals surface area contributed by atoms with Crippen molar-refractivity contribution in [3.63, 3.8) is 0 Å².